The van der Waals surface area contributed by atoms with Crippen LogP contribution in [0.4, 0.5) is 0 Å². The van der Waals surface area contributed by atoms with Gasteiger partial charge in [0.2, 0.25) is 0 Å². The molecule has 0 heterocycles. The SMILES string of the molecule is CCCCCCCCCCC[N+](CCCCC(=O)O)(CCCCC(=O)O)CCCCC(=O)O. The Morgan fingerprint density at radius 1 is 0.455 bits per heavy atom. The van der Waals surface area contributed by atoms with E-state index in [0.29, 0.717) is 19.3 Å². The van der Waals surface area contributed by atoms with Crippen molar-refractivity contribution in [1.29, 1.82) is 0 Å². The van der Waals surface area contributed by atoms with Gasteiger partial charge in [0, 0.05) is 19.3 Å². The van der Waals surface area contributed by atoms with Gasteiger partial charge in [-0.05, 0) is 51.4 Å². The van der Waals surface area contributed by atoms with Gasteiger partial charge in [0.15, 0.2) is 0 Å². The second-order valence-electron chi connectivity index (χ2n) is 9.62. The zero-order valence-electron chi connectivity index (χ0n) is 21.1. The molecule has 0 saturated heterocycles. The fourth-order valence-corrected chi connectivity index (χ4v) is 4.60. The van der Waals surface area contributed by atoms with Crippen molar-refractivity contribution in [2.24, 2.45) is 0 Å². The second kappa shape index (κ2) is 20.9. The minimum Gasteiger partial charge on any atom is -0.481 e. The highest BCUT2D eigenvalue weighted by atomic mass is 16.4. The summed E-state index contributed by atoms with van der Waals surface area (Å²) < 4.78 is 0.870. The Bertz CT molecular complexity index is 468. The Balaban J connectivity index is 4.77. The molecule has 0 aromatic heterocycles. The Kier molecular flexibility index (Phi) is 19.9. The molecule has 0 fully saturated rings. The number of aliphatic carboxylic acids is 3. The Morgan fingerprint density at radius 3 is 1.03 bits per heavy atom. The summed E-state index contributed by atoms with van der Waals surface area (Å²) in [5.41, 5.74) is 0. The summed E-state index contributed by atoms with van der Waals surface area (Å²) in [4.78, 5) is 32.7. The molecule has 0 aliphatic heterocycles. The van der Waals surface area contributed by atoms with Gasteiger partial charge < -0.3 is 19.8 Å². The molecular formula is C26H50NO6+. The molecule has 0 radical (unpaired) electrons. The van der Waals surface area contributed by atoms with E-state index in [1.54, 1.807) is 0 Å². The standard InChI is InChI=1S/C26H49NO6/c1-2-3-4-5-6-7-8-9-13-20-27(21-14-10-17-24(28)29,22-15-11-18-25(30)31)23-16-12-19-26(32)33/h2-23H2,1H3,(H2-,28,29,30,31,32,33)/p+1. The third-order valence-corrected chi connectivity index (χ3v) is 6.56. The minimum atomic E-state index is -0.769. The summed E-state index contributed by atoms with van der Waals surface area (Å²) in [5, 5.41) is 26.9. The highest BCUT2D eigenvalue weighted by Gasteiger charge is 2.26. The average molecular weight is 473 g/mol. The predicted octanol–water partition coefficient (Wildman–Crippen LogP) is 6.10. The Morgan fingerprint density at radius 2 is 0.727 bits per heavy atom. The molecule has 0 aromatic carbocycles. The molecule has 0 aliphatic rings. The number of quaternary nitrogens is 1. The van der Waals surface area contributed by atoms with Crippen LogP contribution in [0.25, 0.3) is 0 Å². The van der Waals surface area contributed by atoms with Crippen LogP contribution in [0.15, 0.2) is 0 Å². The van der Waals surface area contributed by atoms with Crippen LogP contribution in [0.1, 0.15) is 122 Å². The molecule has 7 heteroatoms. The zero-order chi connectivity index (χ0) is 24.8. The molecule has 0 aromatic rings. The molecule has 3 N–H and O–H groups in total. The van der Waals surface area contributed by atoms with Gasteiger partial charge in [-0.1, -0.05) is 51.9 Å². The van der Waals surface area contributed by atoms with Crippen LogP contribution >= 0.6 is 0 Å². The number of carboxylic acid groups (broad SMARTS) is 3. The van der Waals surface area contributed by atoms with Crippen molar-refractivity contribution >= 4 is 17.9 Å². The van der Waals surface area contributed by atoms with Gasteiger partial charge in [0.1, 0.15) is 0 Å². The lowest BCUT2D eigenvalue weighted by molar-refractivity contribution is -0.929. The highest BCUT2D eigenvalue weighted by Crippen LogP contribution is 2.19. The number of hydrogen-bond donors (Lipinski definition) is 3. The smallest absolute Gasteiger partial charge is 0.303 e. The summed E-state index contributed by atoms with van der Waals surface area (Å²) in [7, 11) is 0. The van der Waals surface area contributed by atoms with Crippen molar-refractivity contribution in [3.8, 4) is 0 Å². The Labute approximate surface area is 201 Å². The van der Waals surface area contributed by atoms with Crippen LogP contribution in [0, 0.1) is 0 Å². The molecule has 0 amide bonds. The summed E-state index contributed by atoms with van der Waals surface area (Å²) in [6, 6.07) is 0. The normalized spacial score (nSPS) is 11.5. The summed E-state index contributed by atoms with van der Waals surface area (Å²) >= 11 is 0. The third kappa shape index (κ3) is 20.7. The molecule has 0 aliphatic carbocycles. The van der Waals surface area contributed by atoms with Gasteiger partial charge in [-0.2, -0.15) is 0 Å². The maximum atomic E-state index is 10.9. The van der Waals surface area contributed by atoms with E-state index in [1.165, 1.54) is 51.4 Å². The van der Waals surface area contributed by atoms with Gasteiger partial charge >= 0.3 is 17.9 Å². The quantitative estimate of drug-likeness (QED) is 0.109. The van der Waals surface area contributed by atoms with Crippen molar-refractivity contribution in [3.05, 3.63) is 0 Å². The van der Waals surface area contributed by atoms with Crippen LogP contribution in [-0.4, -0.2) is 63.9 Å². The lowest BCUT2D eigenvalue weighted by Crippen LogP contribution is -2.51. The molecule has 7 nitrogen and oxygen atoms in total. The first kappa shape index (κ1) is 31.4. The van der Waals surface area contributed by atoms with E-state index in [-0.39, 0.29) is 19.3 Å². The Hall–Kier alpha value is -1.63. The molecular weight excluding hydrogens is 422 g/mol. The maximum Gasteiger partial charge on any atom is 0.303 e. The molecule has 33 heavy (non-hydrogen) atoms. The topological polar surface area (TPSA) is 112 Å². The maximum absolute atomic E-state index is 10.9. The van der Waals surface area contributed by atoms with E-state index in [9.17, 15) is 14.4 Å². The fraction of sp³-hybridized carbons (Fsp3) is 0.885. The summed E-state index contributed by atoms with van der Waals surface area (Å²) in [6.45, 7) is 5.93. The van der Waals surface area contributed by atoms with Gasteiger partial charge in [0.25, 0.3) is 0 Å². The third-order valence-electron chi connectivity index (χ3n) is 6.56. The molecule has 0 rings (SSSR count). The molecule has 0 bridgehead atoms. The van der Waals surface area contributed by atoms with Crippen LogP contribution in [-0.2, 0) is 14.4 Å². The summed E-state index contributed by atoms with van der Waals surface area (Å²) in [5.74, 6) is -2.31. The van der Waals surface area contributed by atoms with E-state index in [4.69, 9.17) is 15.3 Å². The van der Waals surface area contributed by atoms with Crippen molar-refractivity contribution in [1.82, 2.24) is 0 Å². The monoisotopic (exact) mass is 472 g/mol. The molecule has 0 unspecified atom stereocenters. The second-order valence-corrected chi connectivity index (χ2v) is 9.62. The van der Waals surface area contributed by atoms with E-state index >= 15 is 0 Å². The number of hydrogen-bond acceptors (Lipinski definition) is 3. The van der Waals surface area contributed by atoms with E-state index in [0.717, 1.165) is 56.3 Å². The fourth-order valence-electron chi connectivity index (χ4n) is 4.60. The first-order chi connectivity index (χ1) is 15.8. The average Bonchev–Trinajstić information content (AvgIpc) is 2.75. The first-order valence-electron chi connectivity index (χ1n) is 13.3. The van der Waals surface area contributed by atoms with Gasteiger partial charge in [-0.15, -0.1) is 0 Å². The van der Waals surface area contributed by atoms with Crippen molar-refractivity contribution in [3.63, 3.8) is 0 Å². The minimum absolute atomic E-state index is 0.177. The van der Waals surface area contributed by atoms with Gasteiger partial charge in [0.05, 0.1) is 26.2 Å². The molecule has 194 valence electrons. The zero-order valence-corrected chi connectivity index (χ0v) is 21.1. The number of unbranched alkanes of at least 4 members (excludes halogenated alkanes) is 11. The lowest BCUT2D eigenvalue weighted by Gasteiger charge is -2.39. The largest absolute Gasteiger partial charge is 0.481 e. The lowest BCUT2D eigenvalue weighted by atomic mass is 10.1. The molecule has 0 atom stereocenters. The van der Waals surface area contributed by atoms with Crippen LogP contribution in [0.5, 0.6) is 0 Å². The first-order valence-corrected chi connectivity index (χ1v) is 13.3. The molecule has 0 saturated carbocycles. The van der Waals surface area contributed by atoms with E-state index < -0.39 is 17.9 Å². The van der Waals surface area contributed by atoms with E-state index in [2.05, 4.69) is 6.92 Å². The molecule has 0 spiro atoms. The number of nitrogens with zero attached hydrogens (tertiary/aromatic N) is 1. The number of carbonyl (C=O) groups is 3. The van der Waals surface area contributed by atoms with Crippen molar-refractivity contribution in [2.45, 2.75) is 122 Å². The number of carboxylic acids is 3. The van der Waals surface area contributed by atoms with Crippen LogP contribution in [0.3, 0.4) is 0 Å². The van der Waals surface area contributed by atoms with Crippen LogP contribution < -0.4 is 0 Å². The summed E-state index contributed by atoms with van der Waals surface area (Å²) in [6.07, 6.45) is 16.4. The van der Waals surface area contributed by atoms with E-state index in [1.807, 2.05) is 0 Å². The van der Waals surface area contributed by atoms with Gasteiger partial charge in [-0.25, -0.2) is 0 Å². The predicted molar refractivity (Wildman–Crippen MR) is 131 cm³/mol. The van der Waals surface area contributed by atoms with Crippen LogP contribution in [0.2, 0.25) is 0 Å². The number of rotatable bonds is 25. The highest BCUT2D eigenvalue weighted by molar-refractivity contribution is 5.67. The van der Waals surface area contributed by atoms with Crippen molar-refractivity contribution in [2.75, 3.05) is 26.2 Å². The van der Waals surface area contributed by atoms with Gasteiger partial charge in [-0.3, -0.25) is 14.4 Å². The van der Waals surface area contributed by atoms with Crippen molar-refractivity contribution < 1.29 is 34.2 Å².